The van der Waals surface area contributed by atoms with E-state index in [1.54, 1.807) is 0 Å². The molecule has 2 aromatic rings. The molecule has 4 nitrogen and oxygen atoms in total. The van der Waals surface area contributed by atoms with Gasteiger partial charge in [-0.15, -0.1) is 0 Å². The van der Waals surface area contributed by atoms with E-state index in [0.29, 0.717) is 5.69 Å². The second-order valence-corrected chi connectivity index (χ2v) is 4.09. The fourth-order valence-corrected chi connectivity index (χ4v) is 2.27. The second-order valence-electron chi connectivity index (χ2n) is 4.09. The Labute approximate surface area is 98.7 Å². The van der Waals surface area contributed by atoms with Crippen LogP contribution in [0.2, 0.25) is 0 Å². The first-order valence-corrected chi connectivity index (χ1v) is 5.29. The third kappa shape index (κ3) is 1.27. The largest absolute Gasteiger partial charge is 0.399 e. The van der Waals surface area contributed by atoms with Crippen LogP contribution in [0.4, 0.5) is 11.4 Å². The lowest BCUT2D eigenvalue weighted by atomic mass is 10.1. The van der Waals surface area contributed by atoms with Gasteiger partial charge in [0, 0.05) is 22.5 Å². The highest BCUT2D eigenvalue weighted by Crippen LogP contribution is 2.38. The molecule has 0 saturated carbocycles. The quantitative estimate of drug-likeness (QED) is 0.307. The fourth-order valence-electron chi connectivity index (χ4n) is 2.27. The normalized spacial score (nSPS) is 14.7. The van der Waals surface area contributed by atoms with Gasteiger partial charge < -0.3 is 17.3 Å². The maximum absolute atomic E-state index is 5.81. The summed E-state index contributed by atoms with van der Waals surface area (Å²) in [5.74, 6) is 5.47. The number of fused-ring (bicyclic) bond motifs is 3. The van der Waals surface area contributed by atoms with Crippen molar-refractivity contribution in [3.05, 3.63) is 47.5 Å². The van der Waals surface area contributed by atoms with Crippen molar-refractivity contribution >= 4 is 17.1 Å². The molecule has 0 unspecified atom stereocenters. The van der Waals surface area contributed by atoms with E-state index < -0.39 is 0 Å². The first kappa shape index (κ1) is 9.72. The first-order chi connectivity index (χ1) is 8.20. The van der Waals surface area contributed by atoms with Crippen LogP contribution >= 0.6 is 0 Å². The maximum Gasteiger partial charge on any atom is 0.0984 e. The predicted molar refractivity (Wildman–Crippen MR) is 70.5 cm³/mol. The summed E-state index contributed by atoms with van der Waals surface area (Å²) in [7, 11) is 0. The van der Waals surface area contributed by atoms with Gasteiger partial charge in [0.1, 0.15) is 0 Å². The average molecular weight is 224 g/mol. The fraction of sp³-hybridized carbons (Fsp3) is 0. The molecule has 1 aliphatic carbocycles. The Morgan fingerprint density at radius 1 is 0.706 bits per heavy atom. The molecule has 2 aromatic carbocycles. The molecule has 0 bridgehead atoms. The molecule has 3 rings (SSSR count). The molecule has 0 atom stereocenters. The monoisotopic (exact) mass is 224 g/mol. The Kier molecular flexibility index (Phi) is 1.86. The number of hydrogen-bond acceptors (Lipinski definition) is 4. The van der Waals surface area contributed by atoms with Gasteiger partial charge in [-0.3, -0.25) is 0 Å². The molecule has 0 aliphatic heterocycles. The van der Waals surface area contributed by atoms with E-state index in [2.05, 4.69) is 5.10 Å². The van der Waals surface area contributed by atoms with Crippen molar-refractivity contribution in [2.45, 2.75) is 0 Å². The second kappa shape index (κ2) is 3.25. The molecule has 1 aliphatic rings. The van der Waals surface area contributed by atoms with Crippen LogP contribution in [0.15, 0.2) is 41.5 Å². The number of nitrogen functional groups attached to an aromatic ring is 2. The van der Waals surface area contributed by atoms with Crippen molar-refractivity contribution < 1.29 is 0 Å². The van der Waals surface area contributed by atoms with E-state index >= 15 is 0 Å². The number of hydrazone groups is 1. The third-order valence-electron chi connectivity index (χ3n) is 3.02. The number of nitrogens with two attached hydrogens (primary N) is 3. The highest BCUT2D eigenvalue weighted by Gasteiger charge is 2.24. The smallest absolute Gasteiger partial charge is 0.0984 e. The zero-order valence-electron chi connectivity index (χ0n) is 9.14. The minimum Gasteiger partial charge on any atom is -0.399 e. The van der Waals surface area contributed by atoms with Crippen LogP contribution in [0.3, 0.4) is 0 Å². The van der Waals surface area contributed by atoms with E-state index in [1.165, 1.54) is 0 Å². The minimum absolute atomic E-state index is 0.700. The molecular formula is C13H12N4. The molecule has 6 N–H and O–H groups in total. The van der Waals surface area contributed by atoms with Crippen LogP contribution in [0.1, 0.15) is 11.1 Å². The average Bonchev–Trinajstić information content (AvgIpc) is 2.61. The van der Waals surface area contributed by atoms with Crippen LogP contribution in [-0.4, -0.2) is 5.71 Å². The van der Waals surface area contributed by atoms with E-state index in [4.69, 9.17) is 17.3 Å². The van der Waals surface area contributed by atoms with Gasteiger partial charge in [0.05, 0.1) is 5.71 Å². The van der Waals surface area contributed by atoms with Crippen LogP contribution < -0.4 is 17.3 Å². The van der Waals surface area contributed by atoms with Crippen LogP contribution in [0.25, 0.3) is 11.1 Å². The lowest BCUT2D eigenvalue weighted by Crippen LogP contribution is -2.02. The highest BCUT2D eigenvalue weighted by atomic mass is 15.1. The molecule has 0 saturated heterocycles. The van der Waals surface area contributed by atoms with Gasteiger partial charge in [-0.05, 0) is 35.4 Å². The van der Waals surface area contributed by atoms with Gasteiger partial charge in [-0.1, -0.05) is 12.1 Å². The molecule has 4 heteroatoms. The molecule has 84 valence electrons. The van der Waals surface area contributed by atoms with Gasteiger partial charge in [0.2, 0.25) is 0 Å². The standard InChI is InChI=1S/C13H12N4/c14-7-2-4-10-11(5-7)9-3-1-8(15)6-12(9)13(10)17-16/h1-6H,14-16H2/b17-13-. The first-order valence-electron chi connectivity index (χ1n) is 5.29. The molecule has 0 spiro atoms. The van der Waals surface area contributed by atoms with Gasteiger partial charge in [0.15, 0.2) is 0 Å². The molecule has 0 fully saturated rings. The van der Waals surface area contributed by atoms with Crippen molar-refractivity contribution in [2.75, 3.05) is 11.5 Å². The van der Waals surface area contributed by atoms with E-state index in [1.807, 2.05) is 36.4 Å². The minimum atomic E-state index is 0.700. The summed E-state index contributed by atoms with van der Waals surface area (Å²) >= 11 is 0. The number of rotatable bonds is 0. The molecule has 17 heavy (non-hydrogen) atoms. The Bertz CT molecular complexity index is 644. The maximum atomic E-state index is 5.81. The van der Waals surface area contributed by atoms with Gasteiger partial charge in [-0.2, -0.15) is 5.10 Å². The lowest BCUT2D eigenvalue weighted by molar-refractivity contribution is 1.25. The van der Waals surface area contributed by atoms with E-state index in [-0.39, 0.29) is 0 Å². The zero-order chi connectivity index (χ0) is 12.0. The molecule has 0 aromatic heterocycles. The zero-order valence-corrected chi connectivity index (χ0v) is 9.14. The van der Waals surface area contributed by atoms with E-state index in [9.17, 15) is 0 Å². The summed E-state index contributed by atoms with van der Waals surface area (Å²) in [4.78, 5) is 0. The van der Waals surface area contributed by atoms with Crippen molar-refractivity contribution in [1.82, 2.24) is 0 Å². The van der Waals surface area contributed by atoms with Crippen molar-refractivity contribution in [1.29, 1.82) is 0 Å². The topological polar surface area (TPSA) is 90.4 Å². The van der Waals surface area contributed by atoms with Crippen molar-refractivity contribution in [3.8, 4) is 11.1 Å². The van der Waals surface area contributed by atoms with Crippen molar-refractivity contribution in [3.63, 3.8) is 0 Å². The Morgan fingerprint density at radius 3 is 1.94 bits per heavy atom. The van der Waals surface area contributed by atoms with Crippen LogP contribution in [-0.2, 0) is 0 Å². The van der Waals surface area contributed by atoms with Crippen molar-refractivity contribution in [2.24, 2.45) is 10.9 Å². The predicted octanol–water partition coefficient (Wildman–Crippen LogP) is 1.54. The molecule has 0 heterocycles. The summed E-state index contributed by atoms with van der Waals surface area (Å²) in [5, 5.41) is 3.86. The van der Waals surface area contributed by atoms with Crippen LogP contribution in [0, 0.1) is 0 Å². The molecule has 0 radical (unpaired) electrons. The summed E-state index contributed by atoms with van der Waals surface area (Å²) < 4.78 is 0. The van der Waals surface area contributed by atoms with Crippen LogP contribution in [0.5, 0.6) is 0 Å². The summed E-state index contributed by atoms with van der Waals surface area (Å²) in [6.45, 7) is 0. The third-order valence-corrected chi connectivity index (χ3v) is 3.02. The molecular weight excluding hydrogens is 212 g/mol. The summed E-state index contributed by atoms with van der Waals surface area (Å²) in [6.07, 6.45) is 0. The number of benzene rings is 2. The van der Waals surface area contributed by atoms with E-state index in [0.717, 1.165) is 33.7 Å². The Hall–Kier alpha value is -2.49. The number of hydrogen-bond donors (Lipinski definition) is 3. The Balaban J connectivity index is 2.38. The SMILES string of the molecule is N/N=C1\c2cc(N)ccc2-c2cc(N)ccc21. The highest BCUT2D eigenvalue weighted by molar-refractivity contribution is 6.25. The summed E-state index contributed by atoms with van der Waals surface area (Å²) in [5.41, 5.74) is 17.9. The van der Waals surface area contributed by atoms with Gasteiger partial charge in [-0.25, -0.2) is 0 Å². The number of anilines is 2. The molecule has 0 amide bonds. The summed E-state index contributed by atoms with van der Waals surface area (Å²) in [6, 6.07) is 11.4. The van der Waals surface area contributed by atoms with Gasteiger partial charge in [0.25, 0.3) is 0 Å². The van der Waals surface area contributed by atoms with Gasteiger partial charge >= 0.3 is 0 Å². The number of nitrogens with zero attached hydrogens (tertiary/aromatic N) is 1. The Morgan fingerprint density at radius 2 is 1.29 bits per heavy atom. The lowest BCUT2D eigenvalue weighted by Gasteiger charge is -2.01.